The van der Waals surface area contributed by atoms with Gasteiger partial charge in [0.25, 0.3) is 0 Å². The van der Waals surface area contributed by atoms with Gasteiger partial charge in [-0.15, -0.1) is 10.2 Å². The van der Waals surface area contributed by atoms with Crippen molar-refractivity contribution in [1.82, 2.24) is 14.8 Å². The molecule has 0 amide bonds. The predicted octanol–water partition coefficient (Wildman–Crippen LogP) is 3.89. The number of benzene rings is 2. The van der Waals surface area contributed by atoms with E-state index >= 15 is 0 Å². The molecule has 1 heterocycles. The molecular weight excluding hydrogens is 322 g/mol. The number of nitrogens with zero attached hydrogens (tertiary/aromatic N) is 3. The Morgan fingerprint density at radius 1 is 1.08 bits per heavy atom. The van der Waals surface area contributed by atoms with Gasteiger partial charge in [-0.05, 0) is 25.1 Å². The zero-order chi connectivity index (χ0) is 16.9. The van der Waals surface area contributed by atoms with E-state index in [4.69, 9.17) is 9.47 Å². The molecule has 5 nitrogen and oxygen atoms in total. The summed E-state index contributed by atoms with van der Waals surface area (Å²) >= 11 is 1.62. The molecule has 3 aromatic rings. The zero-order valence-corrected chi connectivity index (χ0v) is 14.7. The lowest BCUT2D eigenvalue weighted by atomic mass is 10.1. The zero-order valence-electron chi connectivity index (χ0n) is 13.9. The lowest BCUT2D eigenvalue weighted by Crippen LogP contribution is -1.97. The smallest absolute Gasteiger partial charge is 0.195 e. The van der Waals surface area contributed by atoms with Crippen LogP contribution in [0.5, 0.6) is 11.5 Å². The average molecular weight is 341 g/mol. The van der Waals surface area contributed by atoms with Crippen molar-refractivity contribution in [3.8, 4) is 17.2 Å². The van der Waals surface area contributed by atoms with Crippen LogP contribution < -0.4 is 9.47 Å². The average Bonchev–Trinajstić information content (AvgIpc) is 3.08. The Bertz CT molecular complexity index is 833. The van der Waals surface area contributed by atoms with Crippen molar-refractivity contribution in [2.45, 2.75) is 17.8 Å². The van der Waals surface area contributed by atoms with E-state index in [0.29, 0.717) is 0 Å². The minimum absolute atomic E-state index is 0.757. The lowest BCUT2D eigenvalue weighted by Gasteiger charge is -2.10. The summed E-state index contributed by atoms with van der Waals surface area (Å²) < 4.78 is 12.7. The van der Waals surface area contributed by atoms with Gasteiger partial charge in [-0.3, -0.25) is 4.57 Å². The van der Waals surface area contributed by atoms with Gasteiger partial charge in [0.2, 0.25) is 0 Å². The van der Waals surface area contributed by atoms with Gasteiger partial charge in [-0.2, -0.15) is 0 Å². The molecule has 0 spiro atoms. The first kappa shape index (κ1) is 16.4. The molecule has 0 aliphatic heterocycles. The Labute approximate surface area is 145 Å². The van der Waals surface area contributed by atoms with E-state index < -0.39 is 0 Å². The van der Waals surface area contributed by atoms with E-state index in [1.54, 1.807) is 32.3 Å². The van der Waals surface area contributed by atoms with Crippen LogP contribution in [0.3, 0.4) is 0 Å². The number of aryl methyl sites for hydroxylation is 1. The van der Waals surface area contributed by atoms with Crippen molar-refractivity contribution in [2.75, 3.05) is 14.2 Å². The van der Waals surface area contributed by atoms with Crippen LogP contribution in [0, 0.1) is 6.92 Å². The molecule has 124 valence electrons. The van der Waals surface area contributed by atoms with Crippen LogP contribution in [0.1, 0.15) is 11.1 Å². The van der Waals surface area contributed by atoms with Gasteiger partial charge in [-0.1, -0.05) is 35.5 Å². The van der Waals surface area contributed by atoms with Gasteiger partial charge >= 0.3 is 0 Å². The Morgan fingerprint density at radius 3 is 2.75 bits per heavy atom. The molecule has 0 bridgehead atoms. The van der Waals surface area contributed by atoms with Gasteiger partial charge in [0.1, 0.15) is 17.8 Å². The third-order valence-electron chi connectivity index (χ3n) is 3.64. The molecule has 0 aliphatic rings. The lowest BCUT2D eigenvalue weighted by molar-refractivity contribution is 0.411. The highest BCUT2D eigenvalue weighted by molar-refractivity contribution is 7.98. The highest BCUT2D eigenvalue weighted by Gasteiger charge is 2.10. The van der Waals surface area contributed by atoms with Gasteiger partial charge < -0.3 is 9.47 Å². The summed E-state index contributed by atoms with van der Waals surface area (Å²) in [6.45, 7) is 2.08. The molecule has 3 rings (SSSR count). The van der Waals surface area contributed by atoms with E-state index in [9.17, 15) is 0 Å². The normalized spacial score (nSPS) is 10.6. The standard InChI is InChI=1S/C18H19N3O2S/c1-13-7-8-17(23-3)14(9-13)11-24-18-20-19-12-21(18)15-5-4-6-16(10-15)22-2/h4-10,12H,11H2,1-3H3. The fourth-order valence-corrected chi connectivity index (χ4v) is 3.33. The second kappa shape index (κ2) is 7.40. The maximum Gasteiger partial charge on any atom is 0.195 e. The molecule has 0 atom stereocenters. The van der Waals surface area contributed by atoms with Crippen molar-refractivity contribution in [3.63, 3.8) is 0 Å². The first-order valence-corrected chi connectivity index (χ1v) is 8.50. The molecule has 0 saturated heterocycles. The van der Waals surface area contributed by atoms with Crippen molar-refractivity contribution < 1.29 is 9.47 Å². The highest BCUT2D eigenvalue weighted by Crippen LogP contribution is 2.29. The Balaban J connectivity index is 1.83. The summed E-state index contributed by atoms with van der Waals surface area (Å²) in [5.74, 6) is 2.45. The van der Waals surface area contributed by atoms with E-state index in [2.05, 4.69) is 23.2 Å². The number of hydrogen-bond acceptors (Lipinski definition) is 5. The van der Waals surface area contributed by atoms with Crippen LogP contribution in [0.25, 0.3) is 5.69 Å². The third-order valence-corrected chi connectivity index (χ3v) is 4.63. The third kappa shape index (κ3) is 3.54. The van der Waals surface area contributed by atoms with Crippen LogP contribution >= 0.6 is 11.8 Å². The summed E-state index contributed by atoms with van der Waals surface area (Å²) in [5.41, 5.74) is 3.32. The predicted molar refractivity (Wildman–Crippen MR) is 95.2 cm³/mol. The maximum absolute atomic E-state index is 5.44. The summed E-state index contributed by atoms with van der Waals surface area (Å²) in [6, 6.07) is 14.0. The summed E-state index contributed by atoms with van der Waals surface area (Å²) in [6.07, 6.45) is 1.71. The van der Waals surface area contributed by atoms with Gasteiger partial charge in [0.05, 0.1) is 19.9 Å². The fraction of sp³-hybridized carbons (Fsp3) is 0.222. The number of rotatable bonds is 6. The summed E-state index contributed by atoms with van der Waals surface area (Å²) in [7, 11) is 3.35. The largest absolute Gasteiger partial charge is 0.497 e. The van der Waals surface area contributed by atoms with Gasteiger partial charge in [-0.25, -0.2) is 0 Å². The minimum atomic E-state index is 0.757. The Kier molecular flexibility index (Phi) is 5.05. The number of ether oxygens (including phenoxy) is 2. The molecule has 6 heteroatoms. The Hall–Kier alpha value is -2.47. The molecule has 0 saturated carbocycles. The monoisotopic (exact) mass is 341 g/mol. The van der Waals surface area contributed by atoms with Crippen LogP contribution in [0.4, 0.5) is 0 Å². The van der Waals surface area contributed by atoms with E-state index in [-0.39, 0.29) is 0 Å². The number of aromatic nitrogens is 3. The van der Waals surface area contributed by atoms with Crippen molar-refractivity contribution >= 4 is 11.8 Å². The molecule has 24 heavy (non-hydrogen) atoms. The van der Waals surface area contributed by atoms with E-state index in [1.807, 2.05) is 41.0 Å². The summed E-state index contributed by atoms with van der Waals surface area (Å²) in [4.78, 5) is 0. The van der Waals surface area contributed by atoms with Crippen LogP contribution in [0.2, 0.25) is 0 Å². The first-order chi connectivity index (χ1) is 11.7. The van der Waals surface area contributed by atoms with Crippen LogP contribution in [-0.2, 0) is 5.75 Å². The molecule has 0 aliphatic carbocycles. The highest BCUT2D eigenvalue weighted by atomic mass is 32.2. The number of methoxy groups -OCH3 is 2. The topological polar surface area (TPSA) is 49.2 Å². The first-order valence-electron chi connectivity index (χ1n) is 7.52. The molecule has 0 unspecified atom stereocenters. The van der Waals surface area contributed by atoms with E-state index in [0.717, 1.165) is 33.7 Å². The Morgan fingerprint density at radius 2 is 1.96 bits per heavy atom. The second-order valence-corrected chi connectivity index (χ2v) is 6.23. The minimum Gasteiger partial charge on any atom is -0.497 e. The van der Waals surface area contributed by atoms with Crippen LogP contribution in [0.15, 0.2) is 53.9 Å². The molecule has 0 N–H and O–H groups in total. The molecule has 2 aromatic carbocycles. The number of thioether (sulfide) groups is 1. The van der Waals surface area contributed by atoms with Crippen molar-refractivity contribution in [1.29, 1.82) is 0 Å². The van der Waals surface area contributed by atoms with Crippen molar-refractivity contribution in [3.05, 3.63) is 59.9 Å². The second-order valence-electron chi connectivity index (χ2n) is 5.29. The molecule has 0 radical (unpaired) electrons. The number of hydrogen-bond donors (Lipinski definition) is 0. The SMILES string of the molecule is COc1cccc(-n2cnnc2SCc2cc(C)ccc2OC)c1. The molecule has 1 aromatic heterocycles. The fourth-order valence-electron chi connectivity index (χ4n) is 2.42. The van der Waals surface area contributed by atoms with E-state index in [1.165, 1.54) is 5.56 Å². The van der Waals surface area contributed by atoms with Gasteiger partial charge in [0.15, 0.2) is 5.16 Å². The van der Waals surface area contributed by atoms with Crippen LogP contribution in [-0.4, -0.2) is 29.0 Å². The summed E-state index contributed by atoms with van der Waals surface area (Å²) in [5, 5.41) is 9.11. The molecular formula is C18H19N3O2S. The van der Waals surface area contributed by atoms with Gasteiger partial charge in [0, 0.05) is 17.4 Å². The quantitative estimate of drug-likeness (QED) is 0.637. The maximum atomic E-state index is 5.44. The van der Waals surface area contributed by atoms with Crippen molar-refractivity contribution in [2.24, 2.45) is 0 Å². The molecule has 0 fully saturated rings.